The van der Waals surface area contributed by atoms with E-state index in [1.165, 1.54) is 0 Å². The summed E-state index contributed by atoms with van der Waals surface area (Å²) in [6.45, 7) is 3.96. The number of hydrogen-bond acceptors (Lipinski definition) is 4. The summed E-state index contributed by atoms with van der Waals surface area (Å²) in [6.07, 6.45) is 1.74. The van der Waals surface area contributed by atoms with Gasteiger partial charge in [0.25, 0.3) is 5.91 Å². The third-order valence-electron chi connectivity index (χ3n) is 3.65. The van der Waals surface area contributed by atoms with Gasteiger partial charge in [-0.25, -0.2) is 0 Å². The van der Waals surface area contributed by atoms with Crippen LogP contribution in [-0.4, -0.2) is 15.7 Å². The number of hydrogen-bond donors (Lipinski definition) is 1. The average molecular weight is 360 g/mol. The van der Waals surface area contributed by atoms with Gasteiger partial charge in [-0.3, -0.25) is 9.48 Å². The lowest BCUT2D eigenvalue weighted by molar-refractivity contribution is 0.0992. The SMILES string of the molecule is Cc1cc(Cl)ccc1OCc1ccc(C(=O)Nc2cn(C)nc2C)o1. The van der Waals surface area contributed by atoms with Crippen LogP contribution in [0.3, 0.4) is 0 Å². The Morgan fingerprint density at radius 1 is 1.32 bits per heavy atom. The van der Waals surface area contributed by atoms with Crippen molar-refractivity contribution in [3.8, 4) is 5.75 Å². The molecule has 0 atom stereocenters. The molecule has 0 unspecified atom stereocenters. The highest BCUT2D eigenvalue weighted by Crippen LogP contribution is 2.23. The molecule has 0 bridgehead atoms. The number of benzene rings is 1. The zero-order valence-corrected chi connectivity index (χ0v) is 14.9. The van der Waals surface area contributed by atoms with E-state index in [9.17, 15) is 4.79 Å². The first kappa shape index (κ1) is 17.1. The van der Waals surface area contributed by atoms with E-state index in [4.69, 9.17) is 20.8 Å². The minimum Gasteiger partial charge on any atom is -0.485 e. The van der Waals surface area contributed by atoms with Crippen molar-refractivity contribution in [2.45, 2.75) is 20.5 Å². The molecule has 3 aromatic rings. The molecule has 7 heteroatoms. The zero-order chi connectivity index (χ0) is 18.0. The molecule has 25 heavy (non-hydrogen) atoms. The van der Waals surface area contributed by atoms with E-state index in [0.717, 1.165) is 17.0 Å². The molecule has 0 saturated carbocycles. The van der Waals surface area contributed by atoms with Crippen molar-refractivity contribution >= 4 is 23.2 Å². The van der Waals surface area contributed by atoms with Crippen LogP contribution in [0.4, 0.5) is 5.69 Å². The van der Waals surface area contributed by atoms with Crippen molar-refractivity contribution in [3.05, 3.63) is 64.3 Å². The Balaban J connectivity index is 1.63. The molecule has 1 N–H and O–H groups in total. The Morgan fingerprint density at radius 2 is 2.12 bits per heavy atom. The number of carbonyl (C=O) groups excluding carboxylic acids is 1. The largest absolute Gasteiger partial charge is 0.485 e. The molecule has 2 heterocycles. The number of aromatic nitrogens is 2. The van der Waals surface area contributed by atoms with Gasteiger partial charge in [0.2, 0.25) is 0 Å². The van der Waals surface area contributed by atoms with Crippen LogP contribution in [0, 0.1) is 13.8 Å². The molecule has 0 aliphatic heterocycles. The first-order chi connectivity index (χ1) is 11.9. The van der Waals surface area contributed by atoms with Crippen molar-refractivity contribution in [2.75, 3.05) is 5.32 Å². The summed E-state index contributed by atoms with van der Waals surface area (Å²) in [6, 6.07) is 8.74. The smallest absolute Gasteiger partial charge is 0.291 e. The minimum atomic E-state index is -0.329. The van der Waals surface area contributed by atoms with Crippen LogP contribution in [0.5, 0.6) is 5.75 Å². The second-order valence-electron chi connectivity index (χ2n) is 5.72. The van der Waals surface area contributed by atoms with Crippen molar-refractivity contribution in [1.29, 1.82) is 0 Å². The van der Waals surface area contributed by atoms with Crippen LogP contribution < -0.4 is 10.1 Å². The van der Waals surface area contributed by atoms with Crippen LogP contribution in [0.25, 0.3) is 0 Å². The fraction of sp³-hybridized carbons (Fsp3) is 0.222. The molecule has 130 valence electrons. The van der Waals surface area contributed by atoms with E-state index >= 15 is 0 Å². The number of furan rings is 1. The molecule has 0 aliphatic rings. The van der Waals surface area contributed by atoms with E-state index in [-0.39, 0.29) is 18.3 Å². The van der Waals surface area contributed by atoms with Crippen LogP contribution in [0.15, 0.2) is 40.9 Å². The van der Waals surface area contributed by atoms with E-state index in [2.05, 4.69) is 10.4 Å². The molecular weight excluding hydrogens is 342 g/mol. The molecule has 0 spiro atoms. The van der Waals surface area contributed by atoms with Crippen molar-refractivity contribution < 1.29 is 13.9 Å². The fourth-order valence-electron chi connectivity index (χ4n) is 2.41. The summed E-state index contributed by atoms with van der Waals surface area (Å²) in [5, 5.41) is 7.62. The van der Waals surface area contributed by atoms with Gasteiger partial charge >= 0.3 is 0 Å². The van der Waals surface area contributed by atoms with Crippen LogP contribution in [0.1, 0.15) is 27.6 Å². The summed E-state index contributed by atoms with van der Waals surface area (Å²) in [5.74, 6) is 1.17. The lowest BCUT2D eigenvalue weighted by atomic mass is 10.2. The van der Waals surface area contributed by atoms with Gasteiger partial charge in [0.05, 0.1) is 11.4 Å². The van der Waals surface area contributed by atoms with E-state index in [0.29, 0.717) is 16.5 Å². The standard InChI is InChI=1S/C18H18ClN3O3/c1-11-8-13(19)4-6-16(11)24-10-14-5-7-17(25-14)18(23)20-15-9-22(3)21-12(15)2/h4-9H,10H2,1-3H3,(H,20,23). The summed E-state index contributed by atoms with van der Waals surface area (Å²) < 4.78 is 12.9. The van der Waals surface area contributed by atoms with Gasteiger partial charge in [-0.1, -0.05) is 11.6 Å². The lowest BCUT2D eigenvalue weighted by Crippen LogP contribution is -2.11. The number of rotatable bonds is 5. The number of ether oxygens (including phenoxy) is 1. The number of nitrogens with zero attached hydrogens (tertiary/aromatic N) is 2. The third-order valence-corrected chi connectivity index (χ3v) is 3.89. The Morgan fingerprint density at radius 3 is 2.80 bits per heavy atom. The van der Waals surface area contributed by atoms with Gasteiger partial charge in [-0.15, -0.1) is 0 Å². The normalized spacial score (nSPS) is 10.7. The quantitative estimate of drug-likeness (QED) is 0.744. The van der Waals surface area contributed by atoms with E-state index < -0.39 is 0 Å². The lowest BCUT2D eigenvalue weighted by Gasteiger charge is -2.07. The Bertz CT molecular complexity index is 914. The maximum atomic E-state index is 12.3. The van der Waals surface area contributed by atoms with Gasteiger partial charge in [-0.2, -0.15) is 5.10 Å². The highest BCUT2D eigenvalue weighted by Gasteiger charge is 2.14. The minimum absolute atomic E-state index is 0.217. The molecule has 2 aromatic heterocycles. The van der Waals surface area contributed by atoms with Gasteiger partial charge in [0.15, 0.2) is 5.76 Å². The van der Waals surface area contributed by atoms with Crippen molar-refractivity contribution in [3.63, 3.8) is 0 Å². The number of aryl methyl sites for hydroxylation is 3. The van der Waals surface area contributed by atoms with Crippen LogP contribution in [0.2, 0.25) is 5.02 Å². The highest BCUT2D eigenvalue weighted by molar-refractivity contribution is 6.30. The van der Waals surface area contributed by atoms with Crippen LogP contribution in [-0.2, 0) is 13.7 Å². The first-order valence-electron chi connectivity index (χ1n) is 7.71. The molecule has 0 fully saturated rings. The van der Waals surface area contributed by atoms with E-state index in [1.807, 2.05) is 19.9 Å². The number of anilines is 1. The number of amides is 1. The Kier molecular flexibility index (Phi) is 4.81. The highest BCUT2D eigenvalue weighted by atomic mass is 35.5. The molecule has 0 radical (unpaired) electrons. The van der Waals surface area contributed by atoms with Crippen molar-refractivity contribution in [1.82, 2.24) is 9.78 Å². The molecule has 1 amide bonds. The van der Waals surface area contributed by atoms with Crippen molar-refractivity contribution in [2.24, 2.45) is 7.05 Å². The maximum absolute atomic E-state index is 12.3. The van der Waals surface area contributed by atoms with Gasteiger partial charge < -0.3 is 14.5 Å². The zero-order valence-electron chi connectivity index (χ0n) is 14.2. The average Bonchev–Trinajstić information content (AvgIpc) is 3.13. The van der Waals surface area contributed by atoms with Crippen LogP contribution >= 0.6 is 11.6 Å². The summed E-state index contributed by atoms with van der Waals surface area (Å²) in [5.41, 5.74) is 2.33. The number of nitrogens with one attached hydrogen (secondary N) is 1. The topological polar surface area (TPSA) is 69.3 Å². The molecule has 3 rings (SSSR count). The molecule has 0 aliphatic carbocycles. The van der Waals surface area contributed by atoms with Gasteiger partial charge in [0.1, 0.15) is 18.1 Å². The Hall–Kier alpha value is -2.73. The predicted octanol–water partition coefficient (Wildman–Crippen LogP) is 4.11. The first-order valence-corrected chi connectivity index (χ1v) is 8.09. The number of halogens is 1. The summed E-state index contributed by atoms with van der Waals surface area (Å²) >= 11 is 5.93. The predicted molar refractivity (Wildman–Crippen MR) is 95.1 cm³/mol. The van der Waals surface area contributed by atoms with Gasteiger partial charge in [-0.05, 0) is 49.7 Å². The molecule has 6 nitrogen and oxygen atoms in total. The number of carbonyl (C=O) groups is 1. The fourth-order valence-corrected chi connectivity index (χ4v) is 2.63. The molecule has 0 saturated heterocycles. The van der Waals surface area contributed by atoms with E-state index in [1.54, 1.807) is 42.2 Å². The Labute approximate surface area is 150 Å². The summed E-state index contributed by atoms with van der Waals surface area (Å²) in [4.78, 5) is 12.3. The second kappa shape index (κ2) is 7.03. The molecular formula is C18H18ClN3O3. The second-order valence-corrected chi connectivity index (χ2v) is 6.16. The third kappa shape index (κ3) is 4.03. The summed E-state index contributed by atoms with van der Waals surface area (Å²) in [7, 11) is 1.80. The monoisotopic (exact) mass is 359 g/mol. The molecule has 1 aromatic carbocycles. The van der Waals surface area contributed by atoms with Gasteiger partial charge in [0, 0.05) is 18.3 Å². The maximum Gasteiger partial charge on any atom is 0.291 e.